The standard InChI is InChI=1S/C17H20N2O2/c1-2-21-17(20)15-9-5-11-19(15)12-14-7-3-6-13-8-4-10-18-16(13)14/h3-4,6-8,10,15H,2,5,9,11-12H2,1H3. The van der Waals surface area contributed by atoms with E-state index in [1.54, 1.807) is 0 Å². The van der Waals surface area contributed by atoms with Crippen molar-refractivity contribution in [1.82, 2.24) is 9.88 Å². The van der Waals surface area contributed by atoms with Gasteiger partial charge in [-0.2, -0.15) is 0 Å². The Morgan fingerprint density at radius 3 is 3.10 bits per heavy atom. The van der Waals surface area contributed by atoms with Crippen molar-refractivity contribution in [3.05, 3.63) is 42.1 Å². The number of para-hydroxylation sites is 1. The van der Waals surface area contributed by atoms with Gasteiger partial charge >= 0.3 is 5.97 Å². The van der Waals surface area contributed by atoms with Gasteiger partial charge in [-0.3, -0.25) is 14.7 Å². The topological polar surface area (TPSA) is 42.4 Å². The summed E-state index contributed by atoms with van der Waals surface area (Å²) in [4.78, 5) is 18.7. The lowest BCUT2D eigenvalue weighted by molar-refractivity contribution is -0.148. The van der Waals surface area contributed by atoms with Gasteiger partial charge in [-0.25, -0.2) is 0 Å². The predicted octanol–water partition coefficient (Wildman–Crippen LogP) is 2.76. The second kappa shape index (κ2) is 6.22. The van der Waals surface area contributed by atoms with Gasteiger partial charge in [0.15, 0.2) is 0 Å². The number of hydrogen-bond acceptors (Lipinski definition) is 4. The third-order valence-electron chi connectivity index (χ3n) is 4.01. The maximum atomic E-state index is 12.0. The summed E-state index contributed by atoms with van der Waals surface area (Å²) in [6.45, 7) is 3.98. The first-order valence-electron chi connectivity index (χ1n) is 7.53. The first kappa shape index (κ1) is 14.0. The molecule has 0 radical (unpaired) electrons. The molecule has 1 aromatic heterocycles. The molecule has 1 aliphatic heterocycles. The highest BCUT2D eigenvalue weighted by Gasteiger charge is 2.31. The second-order valence-corrected chi connectivity index (χ2v) is 5.37. The molecule has 1 saturated heterocycles. The molecule has 0 saturated carbocycles. The minimum atomic E-state index is -0.107. The Balaban J connectivity index is 1.83. The van der Waals surface area contributed by atoms with Crippen LogP contribution in [0.5, 0.6) is 0 Å². The summed E-state index contributed by atoms with van der Waals surface area (Å²) >= 11 is 0. The Morgan fingerprint density at radius 1 is 1.38 bits per heavy atom. The van der Waals surface area contributed by atoms with E-state index in [0.29, 0.717) is 6.61 Å². The number of esters is 1. The van der Waals surface area contributed by atoms with E-state index >= 15 is 0 Å². The van der Waals surface area contributed by atoms with Gasteiger partial charge < -0.3 is 4.74 Å². The van der Waals surface area contributed by atoms with Gasteiger partial charge in [-0.05, 0) is 37.9 Å². The summed E-state index contributed by atoms with van der Waals surface area (Å²) in [5, 5.41) is 1.14. The zero-order valence-electron chi connectivity index (χ0n) is 12.3. The highest BCUT2D eigenvalue weighted by atomic mass is 16.5. The maximum absolute atomic E-state index is 12.0. The molecule has 2 aromatic rings. The molecule has 4 nitrogen and oxygen atoms in total. The second-order valence-electron chi connectivity index (χ2n) is 5.37. The Kier molecular flexibility index (Phi) is 4.15. The van der Waals surface area contributed by atoms with Crippen LogP contribution in [0.15, 0.2) is 36.5 Å². The van der Waals surface area contributed by atoms with Crippen LogP contribution in [-0.4, -0.2) is 35.0 Å². The van der Waals surface area contributed by atoms with Gasteiger partial charge in [0, 0.05) is 18.1 Å². The van der Waals surface area contributed by atoms with Crippen molar-refractivity contribution in [3.8, 4) is 0 Å². The van der Waals surface area contributed by atoms with Crippen molar-refractivity contribution >= 4 is 16.9 Å². The summed E-state index contributed by atoms with van der Waals surface area (Å²) in [5.41, 5.74) is 2.19. The van der Waals surface area contributed by atoms with Gasteiger partial charge in [0.05, 0.1) is 12.1 Å². The molecule has 1 unspecified atom stereocenters. The number of likely N-dealkylation sites (tertiary alicyclic amines) is 1. The van der Waals surface area contributed by atoms with Crippen LogP contribution in [0.25, 0.3) is 10.9 Å². The van der Waals surface area contributed by atoms with E-state index in [4.69, 9.17) is 4.74 Å². The molecule has 4 heteroatoms. The van der Waals surface area contributed by atoms with E-state index in [9.17, 15) is 4.79 Å². The minimum Gasteiger partial charge on any atom is -0.465 e. The molecule has 110 valence electrons. The van der Waals surface area contributed by atoms with Crippen LogP contribution < -0.4 is 0 Å². The molecule has 2 heterocycles. The predicted molar refractivity (Wildman–Crippen MR) is 81.8 cm³/mol. The molecule has 0 N–H and O–H groups in total. The number of ether oxygens (including phenoxy) is 1. The van der Waals surface area contributed by atoms with Crippen LogP contribution in [0.2, 0.25) is 0 Å². The highest BCUT2D eigenvalue weighted by Crippen LogP contribution is 2.24. The molecule has 0 aliphatic carbocycles. The van der Waals surface area contributed by atoms with Gasteiger partial charge in [-0.15, -0.1) is 0 Å². The van der Waals surface area contributed by atoms with Crippen LogP contribution in [0.3, 0.4) is 0 Å². The monoisotopic (exact) mass is 284 g/mol. The SMILES string of the molecule is CCOC(=O)C1CCCN1Cc1cccc2cccnc12. The molecule has 0 amide bonds. The van der Waals surface area contributed by atoms with Crippen molar-refractivity contribution in [2.24, 2.45) is 0 Å². The summed E-state index contributed by atoms with van der Waals surface area (Å²) in [5.74, 6) is -0.0943. The number of carbonyl (C=O) groups excluding carboxylic acids is 1. The number of aromatic nitrogens is 1. The van der Waals surface area contributed by atoms with E-state index in [1.807, 2.05) is 19.2 Å². The zero-order valence-corrected chi connectivity index (χ0v) is 12.3. The molecule has 0 bridgehead atoms. The van der Waals surface area contributed by atoms with Crippen molar-refractivity contribution < 1.29 is 9.53 Å². The fourth-order valence-electron chi connectivity index (χ4n) is 3.03. The van der Waals surface area contributed by atoms with Gasteiger partial charge in [0.2, 0.25) is 0 Å². The fourth-order valence-corrected chi connectivity index (χ4v) is 3.03. The minimum absolute atomic E-state index is 0.0943. The van der Waals surface area contributed by atoms with Crippen molar-refractivity contribution in [3.63, 3.8) is 0 Å². The Bertz CT molecular complexity index is 636. The van der Waals surface area contributed by atoms with Gasteiger partial charge in [0.25, 0.3) is 0 Å². The number of nitrogens with zero attached hydrogens (tertiary/aromatic N) is 2. The normalized spacial score (nSPS) is 19.0. The number of carbonyl (C=O) groups is 1. The van der Waals surface area contributed by atoms with E-state index in [2.05, 4.69) is 34.1 Å². The summed E-state index contributed by atoms with van der Waals surface area (Å²) in [6.07, 6.45) is 3.75. The molecule has 3 rings (SSSR count). The van der Waals surface area contributed by atoms with Crippen molar-refractivity contribution in [2.75, 3.05) is 13.2 Å². The van der Waals surface area contributed by atoms with Crippen molar-refractivity contribution in [2.45, 2.75) is 32.4 Å². The summed E-state index contributed by atoms with van der Waals surface area (Å²) in [7, 11) is 0. The van der Waals surface area contributed by atoms with Crippen LogP contribution in [0.4, 0.5) is 0 Å². The Hall–Kier alpha value is -1.94. The van der Waals surface area contributed by atoms with Crippen LogP contribution >= 0.6 is 0 Å². The number of rotatable bonds is 4. The molecule has 1 aliphatic rings. The lowest BCUT2D eigenvalue weighted by Gasteiger charge is -2.23. The first-order valence-corrected chi connectivity index (χ1v) is 7.53. The molecule has 1 atom stereocenters. The largest absolute Gasteiger partial charge is 0.465 e. The first-order chi connectivity index (χ1) is 10.3. The van der Waals surface area contributed by atoms with Crippen LogP contribution in [-0.2, 0) is 16.1 Å². The van der Waals surface area contributed by atoms with E-state index in [1.165, 1.54) is 5.56 Å². The molecular weight excluding hydrogens is 264 g/mol. The molecule has 1 aromatic carbocycles. The zero-order chi connectivity index (χ0) is 14.7. The molecule has 1 fully saturated rings. The Morgan fingerprint density at radius 2 is 2.24 bits per heavy atom. The number of pyridine rings is 1. The van der Waals surface area contributed by atoms with Crippen LogP contribution in [0.1, 0.15) is 25.3 Å². The molecular formula is C17H20N2O2. The van der Waals surface area contributed by atoms with Crippen molar-refractivity contribution in [1.29, 1.82) is 0 Å². The number of benzene rings is 1. The quantitative estimate of drug-likeness (QED) is 0.810. The van der Waals surface area contributed by atoms with E-state index in [0.717, 1.165) is 36.8 Å². The average Bonchev–Trinajstić information content (AvgIpc) is 2.96. The Labute approximate surface area is 124 Å². The number of hydrogen-bond donors (Lipinski definition) is 0. The smallest absolute Gasteiger partial charge is 0.323 e. The fraction of sp³-hybridized carbons (Fsp3) is 0.412. The summed E-state index contributed by atoms with van der Waals surface area (Å²) in [6, 6.07) is 10.1. The van der Waals surface area contributed by atoms with E-state index in [-0.39, 0.29) is 12.0 Å². The summed E-state index contributed by atoms with van der Waals surface area (Å²) < 4.78 is 5.19. The van der Waals surface area contributed by atoms with Gasteiger partial charge in [-0.1, -0.05) is 24.3 Å². The van der Waals surface area contributed by atoms with Crippen LogP contribution in [0, 0.1) is 0 Å². The third-order valence-corrected chi connectivity index (χ3v) is 4.01. The lowest BCUT2D eigenvalue weighted by atomic mass is 10.1. The maximum Gasteiger partial charge on any atom is 0.323 e. The highest BCUT2D eigenvalue weighted by molar-refractivity contribution is 5.81. The molecule has 21 heavy (non-hydrogen) atoms. The number of fused-ring (bicyclic) bond motifs is 1. The van der Waals surface area contributed by atoms with E-state index < -0.39 is 0 Å². The lowest BCUT2D eigenvalue weighted by Crippen LogP contribution is -2.36. The average molecular weight is 284 g/mol. The third kappa shape index (κ3) is 2.90. The van der Waals surface area contributed by atoms with Gasteiger partial charge in [0.1, 0.15) is 6.04 Å². The molecule has 0 spiro atoms.